The Morgan fingerprint density at radius 1 is 1.06 bits per heavy atom. The number of hydrogen-bond donors (Lipinski definition) is 0. The van der Waals surface area contributed by atoms with Gasteiger partial charge in [0.15, 0.2) is 9.84 Å². The van der Waals surface area contributed by atoms with Gasteiger partial charge in [0.25, 0.3) is 0 Å². The standard InChI is InChI=1S/C24H26FNO5S/c1-17-23(26-24(31-17)20-10-6-19(7-11-20)14-30-2)16-32(28,29)15-22(27)5-3-4-18-8-12-21(25)13-9-18/h6-13H,3-5,14-16H2,1-2H3. The molecule has 2 aromatic carbocycles. The fraction of sp³-hybridized carbons (Fsp3) is 0.333. The molecule has 3 aromatic rings. The van der Waals surface area contributed by atoms with E-state index in [0.717, 1.165) is 16.7 Å². The number of hydrogen-bond acceptors (Lipinski definition) is 6. The average Bonchev–Trinajstić information content (AvgIpc) is 3.09. The van der Waals surface area contributed by atoms with E-state index in [4.69, 9.17) is 9.15 Å². The van der Waals surface area contributed by atoms with Crippen molar-refractivity contribution in [3.63, 3.8) is 0 Å². The Labute approximate surface area is 187 Å². The minimum atomic E-state index is -3.68. The molecule has 0 saturated heterocycles. The number of rotatable bonds is 11. The quantitative estimate of drug-likeness (QED) is 0.421. The third-order valence-corrected chi connectivity index (χ3v) is 6.45. The number of carbonyl (C=O) groups is 1. The highest BCUT2D eigenvalue weighted by Gasteiger charge is 2.22. The van der Waals surface area contributed by atoms with Gasteiger partial charge in [0.2, 0.25) is 5.89 Å². The second kappa shape index (κ2) is 10.7. The summed E-state index contributed by atoms with van der Waals surface area (Å²) >= 11 is 0. The molecule has 0 spiro atoms. The highest BCUT2D eigenvalue weighted by molar-refractivity contribution is 7.91. The lowest BCUT2D eigenvalue weighted by Gasteiger charge is -2.04. The fourth-order valence-corrected chi connectivity index (χ4v) is 4.73. The molecule has 3 rings (SSSR count). The Hall–Kier alpha value is -2.84. The Balaban J connectivity index is 1.56. The molecule has 0 amide bonds. The van der Waals surface area contributed by atoms with Crippen LogP contribution in [0.2, 0.25) is 0 Å². The maximum absolute atomic E-state index is 12.9. The van der Waals surface area contributed by atoms with Gasteiger partial charge in [0, 0.05) is 19.1 Å². The molecule has 8 heteroatoms. The van der Waals surface area contributed by atoms with E-state index in [1.54, 1.807) is 26.2 Å². The second-order valence-electron chi connectivity index (χ2n) is 7.70. The van der Waals surface area contributed by atoms with Crippen LogP contribution in [0.15, 0.2) is 52.9 Å². The van der Waals surface area contributed by atoms with Crippen LogP contribution in [-0.4, -0.2) is 32.0 Å². The van der Waals surface area contributed by atoms with E-state index in [1.165, 1.54) is 12.1 Å². The molecule has 0 saturated carbocycles. The zero-order chi connectivity index (χ0) is 23.1. The number of benzene rings is 2. The van der Waals surface area contributed by atoms with Crippen LogP contribution in [0.4, 0.5) is 4.39 Å². The smallest absolute Gasteiger partial charge is 0.226 e. The highest BCUT2D eigenvalue weighted by Crippen LogP contribution is 2.24. The first-order chi connectivity index (χ1) is 15.3. The van der Waals surface area contributed by atoms with E-state index >= 15 is 0 Å². The first kappa shape index (κ1) is 23.8. The topological polar surface area (TPSA) is 86.5 Å². The number of aryl methyl sites for hydroxylation is 2. The summed E-state index contributed by atoms with van der Waals surface area (Å²) in [4.78, 5) is 16.5. The summed E-state index contributed by atoms with van der Waals surface area (Å²) in [7, 11) is -2.06. The number of carbonyl (C=O) groups excluding carboxylic acids is 1. The first-order valence-electron chi connectivity index (χ1n) is 10.3. The summed E-state index contributed by atoms with van der Waals surface area (Å²) in [5.74, 6) is -0.805. The van der Waals surface area contributed by atoms with Gasteiger partial charge in [-0.15, -0.1) is 0 Å². The predicted molar refractivity (Wildman–Crippen MR) is 119 cm³/mol. The number of methoxy groups -OCH3 is 1. The highest BCUT2D eigenvalue weighted by atomic mass is 32.2. The van der Waals surface area contributed by atoms with E-state index in [9.17, 15) is 17.6 Å². The molecule has 32 heavy (non-hydrogen) atoms. The van der Waals surface area contributed by atoms with Crippen molar-refractivity contribution in [1.29, 1.82) is 0 Å². The van der Waals surface area contributed by atoms with Crippen molar-refractivity contribution in [3.8, 4) is 11.5 Å². The molecule has 6 nitrogen and oxygen atoms in total. The average molecular weight is 460 g/mol. The van der Waals surface area contributed by atoms with Gasteiger partial charge in [0.05, 0.1) is 18.1 Å². The Morgan fingerprint density at radius 2 is 1.72 bits per heavy atom. The van der Waals surface area contributed by atoms with Crippen molar-refractivity contribution in [2.24, 2.45) is 0 Å². The molecule has 0 atom stereocenters. The van der Waals surface area contributed by atoms with Gasteiger partial charge in [-0.1, -0.05) is 24.3 Å². The molecular weight excluding hydrogens is 433 g/mol. The molecule has 170 valence electrons. The predicted octanol–water partition coefficient (Wildman–Crippen LogP) is 4.44. The summed E-state index contributed by atoms with van der Waals surface area (Å²) in [5.41, 5.74) is 2.94. The van der Waals surface area contributed by atoms with Crippen LogP contribution in [0.25, 0.3) is 11.5 Å². The van der Waals surface area contributed by atoms with Crippen LogP contribution in [-0.2, 0) is 38.1 Å². The monoisotopic (exact) mass is 459 g/mol. The lowest BCUT2D eigenvalue weighted by Crippen LogP contribution is -2.18. The molecule has 0 aliphatic rings. The van der Waals surface area contributed by atoms with Crippen molar-refractivity contribution >= 4 is 15.6 Å². The van der Waals surface area contributed by atoms with Gasteiger partial charge in [-0.25, -0.2) is 17.8 Å². The summed E-state index contributed by atoms with van der Waals surface area (Å²) in [6.45, 7) is 2.15. The second-order valence-corrected chi connectivity index (χ2v) is 9.77. The Kier molecular flexibility index (Phi) is 7.93. The van der Waals surface area contributed by atoms with E-state index in [1.807, 2.05) is 24.3 Å². The van der Waals surface area contributed by atoms with Crippen molar-refractivity contribution < 1.29 is 26.8 Å². The van der Waals surface area contributed by atoms with Gasteiger partial charge in [0.1, 0.15) is 23.1 Å². The van der Waals surface area contributed by atoms with Crippen molar-refractivity contribution in [2.75, 3.05) is 12.9 Å². The van der Waals surface area contributed by atoms with Crippen LogP contribution >= 0.6 is 0 Å². The van der Waals surface area contributed by atoms with Gasteiger partial charge in [-0.2, -0.15) is 0 Å². The van der Waals surface area contributed by atoms with E-state index in [0.29, 0.717) is 36.8 Å². The number of sulfone groups is 1. The molecule has 1 heterocycles. The fourth-order valence-electron chi connectivity index (χ4n) is 3.31. The Morgan fingerprint density at radius 3 is 2.38 bits per heavy atom. The van der Waals surface area contributed by atoms with E-state index in [2.05, 4.69) is 4.98 Å². The number of oxazole rings is 1. The Bertz CT molecular complexity index is 1150. The van der Waals surface area contributed by atoms with Crippen LogP contribution in [0.5, 0.6) is 0 Å². The van der Waals surface area contributed by atoms with Gasteiger partial charge >= 0.3 is 0 Å². The van der Waals surface area contributed by atoms with E-state index < -0.39 is 15.6 Å². The lowest BCUT2D eigenvalue weighted by molar-refractivity contribution is -0.116. The number of ether oxygens (including phenoxy) is 1. The molecule has 0 radical (unpaired) electrons. The molecule has 0 N–H and O–H groups in total. The molecular formula is C24H26FNO5S. The molecule has 0 bridgehead atoms. The van der Waals surface area contributed by atoms with Crippen LogP contribution in [0, 0.1) is 12.7 Å². The summed E-state index contributed by atoms with van der Waals surface area (Å²) in [5, 5.41) is 0. The zero-order valence-corrected chi connectivity index (χ0v) is 19.0. The number of nitrogens with zero attached hydrogens (tertiary/aromatic N) is 1. The summed E-state index contributed by atoms with van der Waals surface area (Å²) < 4.78 is 48.8. The normalized spacial score (nSPS) is 11.6. The van der Waals surface area contributed by atoms with Crippen LogP contribution in [0.1, 0.15) is 35.4 Å². The van der Waals surface area contributed by atoms with Gasteiger partial charge in [-0.3, -0.25) is 4.79 Å². The van der Waals surface area contributed by atoms with Crippen LogP contribution in [0.3, 0.4) is 0 Å². The number of halogens is 1. The summed E-state index contributed by atoms with van der Waals surface area (Å²) in [6.07, 6.45) is 1.24. The lowest BCUT2D eigenvalue weighted by atomic mass is 10.1. The molecule has 0 fully saturated rings. The maximum atomic E-state index is 12.9. The minimum Gasteiger partial charge on any atom is -0.441 e. The maximum Gasteiger partial charge on any atom is 0.226 e. The van der Waals surface area contributed by atoms with E-state index in [-0.39, 0.29) is 23.8 Å². The zero-order valence-electron chi connectivity index (χ0n) is 18.1. The number of aromatic nitrogens is 1. The van der Waals surface area contributed by atoms with Gasteiger partial charge in [-0.05, 0) is 55.2 Å². The first-order valence-corrected chi connectivity index (χ1v) is 12.1. The number of ketones is 1. The third-order valence-electron chi connectivity index (χ3n) is 4.98. The largest absolute Gasteiger partial charge is 0.441 e. The van der Waals surface area contributed by atoms with Crippen molar-refractivity contribution in [1.82, 2.24) is 4.98 Å². The molecule has 0 aliphatic carbocycles. The number of Topliss-reactive ketones (excluding diaryl/α,β-unsaturated/α-hetero) is 1. The third kappa shape index (κ3) is 6.83. The molecule has 0 unspecified atom stereocenters. The van der Waals surface area contributed by atoms with Crippen molar-refractivity contribution in [3.05, 3.63) is 76.9 Å². The van der Waals surface area contributed by atoms with Crippen molar-refractivity contribution in [2.45, 2.75) is 38.5 Å². The molecule has 1 aromatic heterocycles. The van der Waals surface area contributed by atoms with Crippen LogP contribution < -0.4 is 0 Å². The van der Waals surface area contributed by atoms with Gasteiger partial charge < -0.3 is 9.15 Å². The summed E-state index contributed by atoms with van der Waals surface area (Å²) in [6, 6.07) is 13.5. The SMILES string of the molecule is COCc1ccc(-c2nc(CS(=O)(=O)CC(=O)CCCc3ccc(F)cc3)c(C)o2)cc1. The molecule has 0 aliphatic heterocycles. The minimum absolute atomic E-state index is 0.146.